The summed E-state index contributed by atoms with van der Waals surface area (Å²) in [5.74, 6) is 0.687. The minimum Gasteiger partial charge on any atom is -0.399 e. The molecular formula is C15H22N2O2. The Morgan fingerprint density at radius 3 is 2.53 bits per heavy atom. The van der Waals surface area contributed by atoms with Gasteiger partial charge in [0, 0.05) is 11.4 Å². The lowest BCUT2D eigenvalue weighted by molar-refractivity contribution is -0.123. The van der Waals surface area contributed by atoms with E-state index in [1.54, 1.807) is 24.3 Å². The maximum absolute atomic E-state index is 11.7. The summed E-state index contributed by atoms with van der Waals surface area (Å²) >= 11 is 0. The summed E-state index contributed by atoms with van der Waals surface area (Å²) in [6.45, 7) is 2.40. The smallest absolute Gasteiger partial charge is 0.250 e. The van der Waals surface area contributed by atoms with Crippen LogP contribution in [0.3, 0.4) is 0 Å². The Kier molecular flexibility index (Phi) is 4.80. The number of hydrogen-bond acceptors (Lipinski definition) is 3. The van der Waals surface area contributed by atoms with Crippen LogP contribution in [0.4, 0.5) is 11.4 Å². The second-order valence-corrected chi connectivity index (χ2v) is 5.36. The lowest BCUT2D eigenvalue weighted by Crippen LogP contribution is -2.26. The maximum Gasteiger partial charge on any atom is 0.250 e. The average molecular weight is 262 g/mol. The number of nitrogens with one attached hydrogen (secondary N) is 1. The van der Waals surface area contributed by atoms with Crippen LogP contribution in [0, 0.1) is 5.92 Å². The molecule has 0 unspecified atom stereocenters. The van der Waals surface area contributed by atoms with Crippen LogP contribution in [0.5, 0.6) is 0 Å². The zero-order valence-corrected chi connectivity index (χ0v) is 11.4. The minimum absolute atomic E-state index is 0.108. The van der Waals surface area contributed by atoms with E-state index in [1.807, 2.05) is 0 Å². The lowest BCUT2D eigenvalue weighted by Gasteiger charge is -2.25. The van der Waals surface area contributed by atoms with Crippen LogP contribution >= 0.6 is 0 Å². The summed E-state index contributed by atoms with van der Waals surface area (Å²) < 4.78 is 5.65. The fourth-order valence-electron chi connectivity index (χ4n) is 2.35. The van der Waals surface area contributed by atoms with E-state index in [4.69, 9.17) is 10.5 Å². The Labute approximate surface area is 114 Å². The molecule has 1 fully saturated rings. The van der Waals surface area contributed by atoms with Gasteiger partial charge in [0.25, 0.3) is 0 Å². The van der Waals surface area contributed by atoms with E-state index in [-0.39, 0.29) is 18.6 Å². The summed E-state index contributed by atoms with van der Waals surface area (Å²) in [6, 6.07) is 7.10. The van der Waals surface area contributed by atoms with E-state index in [2.05, 4.69) is 12.2 Å². The van der Waals surface area contributed by atoms with Crippen molar-refractivity contribution in [3.63, 3.8) is 0 Å². The summed E-state index contributed by atoms with van der Waals surface area (Å²) in [5.41, 5.74) is 7.02. The maximum atomic E-state index is 11.7. The molecule has 1 aromatic carbocycles. The van der Waals surface area contributed by atoms with Crippen molar-refractivity contribution in [2.45, 2.75) is 38.7 Å². The second kappa shape index (κ2) is 6.57. The van der Waals surface area contributed by atoms with Crippen molar-refractivity contribution in [2.75, 3.05) is 17.7 Å². The molecule has 19 heavy (non-hydrogen) atoms. The molecule has 0 aromatic heterocycles. The van der Waals surface area contributed by atoms with Gasteiger partial charge in [0.2, 0.25) is 5.91 Å². The zero-order valence-electron chi connectivity index (χ0n) is 11.4. The molecule has 4 heteroatoms. The monoisotopic (exact) mass is 262 g/mol. The highest BCUT2D eigenvalue weighted by molar-refractivity contribution is 5.91. The van der Waals surface area contributed by atoms with Gasteiger partial charge in [-0.15, -0.1) is 0 Å². The van der Waals surface area contributed by atoms with Gasteiger partial charge >= 0.3 is 0 Å². The number of hydrogen-bond donors (Lipinski definition) is 2. The topological polar surface area (TPSA) is 64.3 Å². The van der Waals surface area contributed by atoms with Gasteiger partial charge in [-0.3, -0.25) is 4.79 Å². The van der Waals surface area contributed by atoms with Gasteiger partial charge in [0.15, 0.2) is 0 Å². The van der Waals surface area contributed by atoms with E-state index in [1.165, 1.54) is 12.8 Å². The molecule has 0 heterocycles. The standard InChI is InChI=1S/C15H22N2O2/c1-11-2-8-14(9-3-11)19-10-15(18)17-13-6-4-12(16)5-7-13/h4-7,11,14H,2-3,8-10,16H2,1H3,(H,17,18). The van der Waals surface area contributed by atoms with Gasteiger partial charge in [0.1, 0.15) is 6.61 Å². The molecule has 1 aliphatic carbocycles. The van der Waals surface area contributed by atoms with Crippen LogP contribution in [0.2, 0.25) is 0 Å². The number of anilines is 2. The number of nitrogens with two attached hydrogens (primary N) is 1. The first-order chi connectivity index (χ1) is 9.13. The van der Waals surface area contributed by atoms with Crippen LogP contribution < -0.4 is 11.1 Å². The van der Waals surface area contributed by atoms with Crippen LogP contribution in [-0.4, -0.2) is 18.6 Å². The van der Waals surface area contributed by atoms with Gasteiger partial charge < -0.3 is 15.8 Å². The second-order valence-electron chi connectivity index (χ2n) is 5.36. The quantitative estimate of drug-likeness (QED) is 0.820. The molecule has 0 bridgehead atoms. The summed E-state index contributed by atoms with van der Waals surface area (Å²) in [4.78, 5) is 11.7. The molecule has 1 saturated carbocycles. The van der Waals surface area contributed by atoms with Crippen LogP contribution in [-0.2, 0) is 9.53 Å². The molecule has 1 amide bonds. The molecule has 1 aromatic rings. The third kappa shape index (κ3) is 4.56. The van der Waals surface area contributed by atoms with Crippen molar-refractivity contribution < 1.29 is 9.53 Å². The molecule has 0 saturated heterocycles. The highest BCUT2D eigenvalue weighted by Crippen LogP contribution is 2.25. The third-order valence-corrected chi connectivity index (χ3v) is 3.61. The number of ether oxygens (including phenoxy) is 1. The Morgan fingerprint density at radius 1 is 1.26 bits per heavy atom. The van der Waals surface area contributed by atoms with E-state index in [9.17, 15) is 4.79 Å². The van der Waals surface area contributed by atoms with Crippen molar-refractivity contribution in [1.29, 1.82) is 0 Å². The summed E-state index contributed by atoms with van der Waals surface area (Å²) in [7, 11) is 0. The Morgan fingerprint density at radius 2 is 1.89 bits per heavy atom. The Balaban J connectivity index is 1.71. The fraction of sp³-hybridized carbons (Fsp3) is 0.533. The molecule has 104 valence electrons. The van der Waals surface area contributed by atoms with Crippen LogP contribution in [0.15, 0.2) is 24.3 Å². The number of rotatable bonds is 4. The first-order valence-electron chi connectivity index (χ1n) is 6.90. The first-order valence-corrected chi connectivity index (χ1v) is 6.90. The summed E-state index contributed by atoms with van der Waals surface area (Å²) in [6.07, 6.45) is 4.77. The highest BCUT2D eigenvalue weighted by atomic mass is 16.5. The highest BCUT2D eigenvalue weighted by Gasteiger charge is 2.19. The molecule has 3 N–H and O–H groups in total. The predicted octanol–water partition coefficient (Wildman–Crippen LogP) is 2.80. The zero-order chi connectivity index (χ0) is 13.7. The van der Waals surface area contributed by atoms with Crippen molar-refractivity contribution in [2.24, 2.45) is 5.92 Å². The van der Waals surface area contributed by atoms with Crippen molar-refractivity contribution >= 4 is 17.3 Å². The molecule has 0 spiro atoms. The SMILES string of the molecule is CC1CCC(OCC(=O)Nc2ccc(N)cc2)CC1. The third-order valence-electron chi connectivity index (χ3n) is 3.61. The van der Waals surface area contributed by atoms with Gasteiger partial charge in [-0.2, -0.15) is 0 Å². The van der Waals surface area contributed by atoms with Gasteiger partial charge in [-0.05, 0) is 55.9 Å². The normalized spacial score (nSPS) is 23.0. The molecule has 0 aliphatic heterocycles. The van der Waals surface area contributed by atoms with Crippen LogP contribution in [0.1, 0.15) is 32.6 Å². The van der Waals surface area contributed by atoms with E-state index < -0.39 is 0 Å². The molecule has 4 nitrogen and oxygen atoms in total. The number of nitrogen functional groups attached to an aromatic ring is 1. The lowest BCUT2D eigenvalue weighted by atomic mass is 9.89. The average Bonchev–Trinajstić information content (AvgIpc) is 2.41. The molecule has 2 rings (SSSR count). The Bertz CT molecular complexity index is 409. The summed E-state index contributed by atoms with van der Waals surface area (Å²) in [5, 5.41) is 2.80. The van der Waals surface area contributed by atoms with E-state index in [0.29, 0.717) is 5.69 Å². The van der Waals surface area contributed by atoms with Crippen LogP contribution in [0.25, 0.3) is 0 Å². The fourth-order valence-corrected chi connectivity index (χ4v) is 2.35. The molecular weight excluding hydrogens is 240 g/mol. The number of benzene rings is 1. The van der Waals surface area contributed by atoms with Crippen molar-refractivity contribution in [3.05, 3.63) is 24.3 Å². The Hall–Kier alpha value is -1.55. The number of amides is 1. The van der Waals surface area contributed by atoms with Gasteiger partial charge in [0.05, 0.1) is 6.10 Å². The van der Waals surface area contributed by atoms with Gasteiger partial charge in [-0.1, -0.05) is 6.92 Å². The number of carbonyl (C=O) groups excluding carboxylic acids is 1. The van der Waals surface area contributed by atoms with E-state index in [0.717, 1.165) is 24.4 Å². The predicted molar refractivity (Wildman–Crippen MR) is 76.9 cm³/mol. The molecule has 0 radical (unpaired) electrons. The molecule has 0 atom stereocenters. The van der Waals surface area contributed by atoms with Crippen molar-refractivity contribution in [3.8, 4) is 0 Å². The first kappa shape index (κ1) is 13.9. The van der Waals surface area contributed by atoms with Crippen molar-refractivity contribution in [1.82, 2.24) is 0 Å². The molecule has 1 aliphatic rings. The van der Waals surface area contributed by atoms with Gasteiger partial charge in [-0.25, -0.2) is 0 Å². The minimum atomic E-state index is -0.108. The number of carbonyl (C=O) groups is 1. The van der Waals surface area contributed by atoms with E-state index >= 15 is 0 Å². The largest absolute Gasteiger partial charge is 0.399 e.